The molecule has 2 N–H and O–H groups in total. The van der Waals surface area contributed by atoms with E-state index in [1.54, 1.807) is 13.0 Å². The van der Waals surface area contributed by atoms with Crippen molar-refractivity contribution >= 4 is 24.1 Å². The van der Waals surface area contributed by atoms with Crippen molar-refractivity contribution in [3.05, 3.63) is 23.8 Å². The van der Waals surface area contributed by atoms with Gasteiger partial charge in [-0.1, -0.05) is 65.4 Å². The van der Waals surface area contributed by atoms with Crippen LogP contribution in [-0.4, -0.2) is 54.5 Å². The third-order valence-electron chi connectivity index (χ3n) is 6.08. The molecule has 10 heteroatoms. The Morgan fingerprint density at radius 3 is 1.98 bits per heavy atom. The first-order chi connectivity index (χ1) is 19.2. The number of aliphatic carboxylic acids is 1. The summed E-state index contributed by atoms with van der Waals surface area (Å²) in [4.78, 5) is 48.5. The number of carboxylic acid groups (broad SMARTS) is 1. The molecule has 1 aromatic rings. The lowest BCUT2D eigenvalue weighted by Gasteiger charge is -2.19. The van der Waals surface area contributed by atoms with Crippen molar-refractivity contribution in [2.75, 3.05) is 13.2 Å². The number of ether oxygens (including phenoxy) is 4. The summed E-state index contributed by atoms with van der Waals surface area (Å²) in [6, 6.07) is 3.66. The zero-order chi connectivity index (χ0) is 29.8. The Hall–Kier alpha value is -3.14. The average molecular weight is 566 g/mol. The van der Waals surface area contributed by atoms with Crippen LogP contribution in [0.4, 0.5) is 4.79 Å². The van der Waals surface area contributed by atoms with Gasteiger partial charge in [0, 0.05) is 19.4 Å². The average Bonchev–Trinajstić information content (AvgIpc) is 2.90. The number of hydrogen-bond acceptors (Lipinski definition) is 9. The molecular formula is C30H47NO9. The molecule has 0 heterocycles. The monoisotopic (exact) mass is 565 g/mol. The summed E-state index contributed by atoms with van der Waals surface area (Å²) < 4.78 is 21.2. The second-order valence-electron chi connectivity index (χ2n) is 9.88. The Kier molecular flexibility index (Phi) is 18.1. The van der Waals surface area contributed by atoms with Gasteiger partial charge in [-0.15, -0.1) is 0 Å². The van der Waals surface area contributed by atoms with Crippen LogP contribution in [0.1, 0.15) is 104 Å². The lowest BCUT2D eigenvalue weighted by atomic mass is 10.0. The molecule has 226 valence electrons. The fourth-order valence-electron chi connectivity index (χ4n) is 3.77. The van der Waals surface area contributed by atoms with E-state index >= 15 is 0 Å². The van der Waals surface area contributed by atoms with Crippen molar-refractivity contribution in [3.63, 3.8) is 0 Å². The topological polar surface area (TPSA) is 137 Å². The zero-order valence-electron chi connectivity index (χ0n) is 24.5. The van der Waals surface area contributed by atoms with Gasteiger partial charge in [-0.05, 0) is 50.3 Å². The van der Waals surface area contributed by atoms with Crippen molar-refractivity contribution in [2.24, 2.45) is 0 Å². The van der Waals surface area contributed by atoms with E-state index in [-0.39, 0.29) is 43.9 Å². The van der Waals surface area contributed by atoms with Crippen LogP contribution in [0.3, 0.4) is 0 Å². The van der Waals surface area contributed by atoms with Gasteiger partial charge in [0.2, 0.25) is 0 Å². The fourth-order valence-corrected chi connectivity index (χ4v) is 3.77. The van der Waals surface area contributed by atoms with Crippen molar-refractivity contribution in [1.29, 1.82) is 0 Å². The van der Waals surface area contributed by atoms with E-state index in [4.69, 9.17) is 18.9 Å². The van der Waals surface area contributed by atoms with Crippen molar-refractivity contribution in [3.8, 4) is 11.5 Å². The number of nitrogens with one attached hydrogen (secondary N) is 1. The maximum atomic E-state index is 12.4. The van der Waals surface area contributed by atoms with Crippen LogP contribution in [0.2, 0.25) is 0 Å². The molecule has 0 saturated carbocycles. The second-order valence-corrected chi connectivity index (χ2v) is 9.88. The molecule has 2 atom stereocenters. The molecule has 1 rings (SSSR count). The second kappa shape index (κ2) is 20.7. The van der Waals surface area contributed by atoms with Gasteiger partial charge in [0.1, 0.15) is 12.1 Å². The molecule has 0 aromatic heterocycles. The Morgan fingerprint density at radius 1 is 0.825 bits per heavy atom. The van der Waals surface area contributed by atoms with E-state index in [2.05, 4.69) is 5.32 Å². The number of esters is 2. The molecule has 0 aliphatic heterocycles. The van der Waals surface area contributed by atoms with E-state index in [0.717, 1.165) is 44.9 Å². The van der Waals surface area contributed by atoms with Crippen LogP contribution in [0.5, 0.6) is 11.5 Å². The predicted octanol–water partition coefficient (Wildman–Crippen LogP) is 5.98. The number of hydrogen-bond donors (Lipinski definition) is 2. The van der Waals surface area contributed by atoms with E-state index in [9.17, 15) is 24.3 Å². The molecule has 0 fully saturated rings. The summed E-state index contributed by atoms with van der Waals surface area (Å²) >= 11 is 0. The summed E-state index contributed by atoms with van der Waals surface area (Å²) in [7, 11) is 0. The SMILES string of the molecule is CCCCCOC(=O)OC(C)CN[C@@H](Cc1ccc(OC(=O)CCCCC)c(OC(=O)CCCCC)c1)C(=O)O. The maximum absolute atomic E-state index is 12.4. The number of carbonyl (C=O) groups is 4. The van der Waals surface area contributed by atoms with Crippen LogP contribution in [0, 0.1) is 0 Å². The highest BCUT2D eigenvalue weighted by molar-refractivity contribution is 5.77. The van der Waals surface area contributed by atoms with E-state index < -0.39 is 36.2 Å². The number of rotatable bonds is 21. The van der Waals surface area contributed by atoms with E-state index in [1.807, 2.05) is 20.8 Å². The lowest BCUT2D eigenvalue weighted by molar-refractivity contribution is -0.139. The summed E-state index contributed by atoms with van der Waals surface area (Å²) in [5.74, 6) is -1.77. The van der Waals surface area contributed by atoms with E-state index in [1.165, 1.54) is 12.1 Å². The first kappa shape index (κ1) is 34.9. The highest BCUT2D eigenvalue weighted by Gasteiger charge is 2.22. The largest absolute Gasteiger partial charge is 0.508 e. The minimum Gasteiger partial charge on any atom is -0.480 e. The molecule has 1 aromatic carbocycles. The van der Waals surface area contributed by atoms with Crippen molar-refractivity contribution < 1.29 is 43.2 Å². The van der Waals surface area contributed by atoms with Gasteiger partial charge in [-0.2, -0.15) is 0 Å². The fraction of sp³-hybridized carbons (Fsp3) is 0.667. The van der Waals surface area contributed by atoms with Crippen LogP contribution in [0.15, 0.2) is 18.2 Å². The van der Waals surface area contributed by atoms with Crippen molar-refractivity contribution in [1.82, 2.24) is 5.32 Å². The minimum atomic E-state index is -1.10. The van der Waals surface area contributed by atoms with Crippen LogP contribution < -0.4 is 14.8 Å². The van der Waals surface area contributed by atoms with Gasteiger partial charge in [-0.3, -0.25) is 14.4 Å². The summed E-state index contributed by atoms with van der Waals surface area (Å²) in [6.45, 7) is 8.13. The molecule has 40 heavy (non-hydrogen) atoms. The quantitative estimate of drug-likeness (QED) is 0.104. The maximum Gasteiger partial charge on any atom is 0.508 e. The molecule has 0 aliphatic carbocycles. The number of carboxylic acids is 1. The third-order valence-corrected chi connectivity index (χ3v) is 6.08. The molecule has 0 saturated heterocycles. The first-order valence-corrected chi connectivity index (χ1v) is 14.5. The predicted molar refractivity (Wildman–Crippen MR) is 151 cm³/mol. The van der Waals surface area contributed by atoms with Crippen LogP contribution in [-0.2, 0) is 30.3 Å². The molecule has 0 aliphatic rings. The summed E-state index contributed by atoms with van der Waals surface area (Å²) in [6.07, 6.45) is 6.92. The minimum absolute atomic E-state index is 0.0502. The molecule has 0 amide bonds. The first-order valence-electron chi connectivity index (χ1n) is 14.5. The number of benzene rings is 1. The Bertz CT molecular complexity index is 918. The van der Waals surface area contributed by atoms with Crippen molar-refractivity contribution in [2.45, 2.75) is 117 Å². The van der Waals surface area contributed by atoms with Gasteiger partial charge < -0.3 is 29.4 Å². The van der Waals surface area contributed by atoms with Gasteiger partial charge in [0.05, 0.1) is 6.61 Å². The Balaban J connectivity index is 2.86. The molecular weight excluding hydrogens is 518 g/mol. The lowest BCUT2D eigenvalue weighted by Crippen LogP contribution is -2.42. The van der Waals surface area contributed by atoms with Gasteiger partial charge in [-0.25, -0.2) is 4.79 Å². The number of unbranched alkanes of at least 4 members (excludes halogenated alkanes) is 6. The smallest absolute Gasteiger partial charge is 0.480 e. The molecule has 0 bridgehead atoms. The van der Waals surface area contributed by atoms with Crippen LogP contribution >= 0.6 is 0 Å². The van der Waals surface area contributed by atoms with Gasteiger partial charge >= 0.3 is 24.1 Å². The molecule has 1 unspecified atom stereocenters. The third kappa shape index (κ3) is 15.5. The van der Waals surface area contributed by atoms with E-state index in [0.29, 0.717) is 18.4 Å². The Labute approximate surface area is 238 Å². The molecule has 0 radical (unpaired) electrons. The standard InChI is InChI=1S/C30H47NO9/c1-5-8-11-14-27(32)39-25-17-16-23(20-26(25)40-28(33)15-12-9-6-2)19-24(29(34)35)31-21-22(4)38-30(36)37-18-13-10-7-3/h16-17,20,22,24,31H,5-15,18-19,21H2,1-4H3,(H,34,35)/t22?,24-/m0/s1. The highest BCUT2D eigenvalue weighted by Crippen LogP contribution is 2.30. The van der Waals surface area contributed by atoms with Gasteiger partial charge in [0.15, 0.2) is 11.5 Å². The summed E-state index contributed by atoms with van der Waals surface area (Å²) in [5, 5.41) is 12.7. The van der Waals surface area contributed by atoms with Crippen LogP contribution in [0.25, 0.3) is 0 Å². The Morgan fingerprint density at radius 2 is 1.40 bits per heavy atom. The highest BCUT2D eigenvalue weighted by atomic mass is 16.7. The number of carbonyl (C=O) groups excluding carboxylic acids is 3. The zero-order valence-corrected chi connectivity index (χ0v) is 24.5. The molecule has 10 nitrogen and oxygen atoms in total. The summed E-state index contributed by atoms with van der Waals surface area (Å²) in [5.41, 5.74) is 0.561. The molecule has 0 spiro atoms. The van der Waals surface area contributed by atoms with Gasteiger partial charge in [0.25, 0.3) is 0 Å². The normalized spacial score (nSPS) is 12.3.